The van der Waals surface area contributed by atoms with Crippen LogP contribution >= 0.6 is 0 Å². The Labute approximate surface area is 80.8 Å². The highest BCUT2D eigenvalue weighted by atomic mass is 15.1. The van der Waals surface area contributed by atoms with Crippen LogP contribution in [0.1, 0.15) is 43.6 Å². The second kappa shape index (κ2) is 3.21. The molecule has 0 radical (unpaired) electrons. The first-order valence-corrected chi connectivity index (χ1v) is 5.38. The zero-order valence-electron chi connectivity index (χ0n) is 8.88. The van der Waals surface area contributed by atoms with E-state index in [4.69, 9.17) is 0 Å². The second-order valence-corrected chi connectivity index (χ2v) is 4.34. The van der Waals surface area contributed by atoms with E-state index in [1.165, 1.54) is 30.7 Å². The van der Waals surface area contributed by atoms with Crippen LogP contribution < -0.4 is 0 Å². The van der Waals surface area contributed by atoms with Gasteiger partial charge in [0, 0.05) is 17.4 Å². The van der Waals surface area contributed by atoms with Crippen LogP contribution in [0.3, 0.4) is 0 Å². The summed E-state index contributed by atoms with van der Waals surface area (Å²) in [7, 11) is 0. The van der Waals surface area contributed by atoms with E-state index in [0.29, 0.717) is 0 Å². The highest BCUT2D eigenvalue weighted by Gasteiger charge is 2.38. The van der Waals surface area contributed by atoms with E-state index in [1.807, 2.05) is 0 Å². The topological polar surface area (TPSA) is 4.93 Å². The Balaban J connectivity index is 2.11. The van der Waals surface area contributed by atoms with Gasteiger partial charge in [0.1, 0.15) is 0 Å². The number of aryl methyl sites for hydroxylation is 2. The van der Waals surface area contributed by atoms with E-state index >= 15 is 0 Å². The number of aromatic nitrogens is 1. The van der Waals surface area contributed by atoms with Gasteiger partial charge in [0.15, 0.2) is 0 Å². The van der Waals surface area contributed by atoms with E-state index < -0.39 is 0 Å². The van der Waals surface area contributed by atoms with E-state index in [-0.39, 0.29) is 0 Å². The van der Waals surface area contributed by atoms with Crippen molar-refractivity contribution in [1.82, 2.24) is 4.57 Å². The van der Waals surface area contributed by atoms with Crippen molar-refractivity contribution in [2.75, 3.05) is 0 Å². The number of nitrogens with zero attached hydrogens (tertiary/aromatic N) is 1. The third-order valence-corrected chi connectivity index (χ3v) is 3.20. The lowest BCUT2D eigenvalue weighted by Crippen LogP contribution is -2.00. The zero-order valence-corrected chi connectivity index (χ0v) is 8.88. The largest absolute Gasteiger partial charge is 0.346 e. The number of hydrogen-bond acceptors (Lipinski definition) is 0. The molecule has 0 bridgehead atoms. The highest BCUT2D eigenvalue weighted by Crippen LogP contribution is 2.47. The van der Waals surface area contributed by atoms with Crippen molar-refractivity contribution in [2.24, 2.45) is 5.92 Å². The molecule has 13 heavy (non-hydrogen) atoms. The molecule has 2 atom stereocenters. The van der Waals surface area contributed by atoms with E-state index in [1.54, 1.807) is 0 Å². The van der Waals surface area contributed by atoms with E-state index in [9.17, 15) is 0 Å². The van der Waals surface area contributed by atoms with Crippen molar-refractivity contribution >= 4 is 0 Å². The van der Waals surface area contributed by atoms with Crippen LogP contribution in [-0.2, 0) is 0 Å². The minimum Gasteiger partial charge on any atom is -0.346 e. The summed E-state index contributed by atoms with van der Waals surface area (Å²) in [5, 5.41) is 0. The molecule has 0 aliphatic heterocycles. The molecule has 0 N–H and O–H groups in total. The van der Waals surface area contributed by atoms with Crippen molar-refractivity contribution in [3.63, 3.8) is 0 Å². The molecule has 0 saturated heterocycles. The third-order valence-electron chi connectivity index (χ3n) is 3.20. The summed E-state index contributed by atoms with van der Waals surface area (Å²) in [5.74, 6) is 0.967. The molecule has 0 amide bonds. The van der Waals surface area contributed by atoms with Crippen LogP contribution in [0, 0.1) is 19.8 Å². The van der Waals surface area contributed by atoms with Crippen molar-refractivity contribution < 1.29 is 0 Å². The summed E-state index contributed by atoms with van der Waals surface area (Å²) < 4.78 is 2.51. The molecule has 1 fully saturated rings. The Morgan fingerprint density at radius 3 is 2.46 bits per heavy atom. The fraction of sp³-hybridized carbons (Fsp3) is 0.667. The lowest BCUT2D eigenvalue weighted by Gasteiger charge is -2.08. The number of hydrogen-bond donors (Lipinski definition) is 0. The zero-order chi connectivity index (χ0) is 9.42. The van der Waals surface area contributed by atoms with Gasteiger partial charge >= 0.3 is 0 Å². The molecule has 0 aromatic carbocycles. The van der Waals surface area contributed by atoms with Crippen LogP contribution in [0.25, 0.3) is 0 Å². The SMILES string of the molecule is CCCC1CC1n1c(C)ccc1C. The fourth-order valence-electron chi connectivity index (χ4n) is 2.43. The molecule has 1 aliphatic carbocycles. The second-order valence-electron chi connectivity index (χ2n) is 4.34. The summed E-state index contributed by atoms with van der Waals surface area (Å²) in [6, 6.07) is 5.29. The summed E-state index contributed by atoms with van der Waals surface area (Å²) in [6.45, 7) is 6.72. The summed E-state index contributed by atoms with van der Waals surface area (Å²) in [5.41, 5.74) is 2.86. The average molecular weight is 177 g/mol. The lowest BCUT2D eigenvalue weighted by molar-refractivity contribution is 0.592. The standard InChI is InChI=1S/C12H19N/c1-4-5-11-8-12(11)13-9(2)6-7-10(13)3/h6-7,11-12H,4-5,8H2,1-3H3. The fourth-order valence-corrected chi connectivity index (χ4v) is 2.43. The summed E-state index contributed by atoms with van der Waals surface area (Å²) >= 11 is 0. The molecule has 1 saturated carbocycles. The van der Waals surface area contributed by atoms with Crippen molar-refractivity contribution in [2.45, 2.75) is 46.1 Å². The van der Waals surface area contributed by atoms with Crippen LogP contribution in [0.4, 0.5) is 0 Å². The third kappa shape index (κ3) is 1.52. The maximum Gasteiger partial charge on any atom is 0.0368 e. The summed E-state index contributed by atoms with van der Waals surface area (Å²) in [4.78, 5) is 0. The van der Waals surface area contributed by atoms with Gasteiger partial charge in [-0.3, -0.25) is 0 Å². The molecule has 1 aliphatic rings. The number of rotatable bonds is 3. The van der Waals surface area contributed by atoms with Gasteiger partial charge in [-0.2, -0.15) is 0 Å². The Kier molecular flexibility index (Phi) is 2.19. The quantitative estimate of drug-likeness (QED) is 0.666. The Morgan fingerprint density at radius 2 is 1.92 bits per heavy atom. The predicted octanol–water partition coefficient (Wildman–Crippen LogP) is 3.47. The van der Waals surface area contributed by atoms with E-state index in [2.05, 4.69) is 37.5 Å². The minimum absolute atomic E-state index is 0.829. The smallest absolute Gasteiger partial charge is 0.0368 e. The first-order chi connectivity index (χ1) is 6.24. The first-order valence-electron chi connectivity index (χ1n) is 5.38. The normalized spacial score (nSPS) is 26.4. The van der Waals surface area contributed by atoms with Crippen LogP contribution in [0.15, 0.2) is 12.1 Å². The molecule has 2 rings (SSSR count). The molecular weight excluding hydrogens is 158 g/mol. The molecule has 1 nitrogen and oxygen atoms in total. The van der Waals surface area contributed by atoms with Gasteiger partial charge in [0.05, 0.1) is 0 Å². The maximum absolute atomic E-state index is 2.51. The van der Waals surface area contributed by atoms with Crippen LogP contribution in [-0.4, -0.2) is 4.57 Å². The molecule has 1 heteroatoms. The van der Waals surface area contributed by atoms with E-state index in [0.717, 1.165) is 12.0 Å². The van der Waals surface area contributed by atoms with Gasteiger partial charge in [-0.15, -0.1) is 0 Å². The predicted molar refractivity (Wildman–Crippen MR) is 56.0 cm³/mol. The van der Waals surface area contributed by atoms with Gasteiger partial charge in [-0.1, -0.05) is 13.3 Å². The molecule has 1 aromatic rings. The van der Waals surface area contributed by atoms with Gasteiger partial charge in [0.2, 0.25) is 0 Å². The molecule has 72 valence electrons. The van der Waals surface area contributed by atoms with Crippen LogP contribution in [0.5, 0.6) is 0 Å². The van der Waals surface area contributed by atoms with Crippen molar-refractivity contribution in [3.8, 4) is 0 Å². The lowest BCUT2D eigenvalue weighted by atomic mass is 10.2. The highest BCUT2D eigenvalue weighted by molar-refractivity contribution is 5.17. The van der Waals surface area contributed by atoms with Gasteiger partial charge in [0.25, 0.3) is 0 Å². The molecule has 1 heterocycles. The first kappa shape index (κ1) is 8.86. The Bertz CT molecular complexity index is 279. The molecule has 1 aromatic heterocycles. The Hall–Kier alpha value is -0.720. The maximum atomic E-state index is 2.51. The van der Waals surface area contributed by atoms with Gasteiger partial charge in [-0.25, -0.2) is 0 Å². The molecule has 2 unspecified atom stereocenters. The molecule has 0 spiro atoms. The monoisotopic (exact) mass is 177 g/mol. The van der Waals surface area contributed by atoms with Crippen molar-refractivity contribution in [1.29, 1.82) is 0 Å². The van der Waals surface area contributed by atoms with Gasteiger partial charge in [-0.05, 0) is 44.7 Å². The summed E-state index contributed by atoms with van der Waals surface area (Å²) in [6.07, 6.45) is 4.15. The minimum atomic E-state index is 0.829. The van der Waals surface area contributed by atoms with Crippen molar-refractivity contribution in [3.05, 3.63) is 23.5 Å². The average Bonchev–Trinajstić information content (AvgIpc) is 2.74. The molecular formula is C12H19N. The van der Waals surface area contributed by atoms with Crippen LogP contribution in [0.2, 0.25) is 0 Å². The Morgan fingerprint density at radius 1 is 1.31 bits per heavy atom. The van der Waals surface area contributed by atoms with Gasteiger partial charge < -0.3 is 4.57 Å².